The van der Waals surface area contributed by atoms with Crippen molar-refractivity contribution in [3.05, 3.63) is 59.2 Å². The van der Waals surface area contributed by atoms with Gasteiger partial charge in [-0.3, -0.25) is 4.79 Å². The lowest BCUT2D eigenvalue weighted by Crippen LogP contribution is -2.42. The van der Waals surface area contributed by atoms with E-state index in [1.165, 1.54) is 0 Å². The summed E-state index contributed by atoms with van der Waals surface area (Å²) in [5.74, 6) is 0.767. The standard InChI is InChI=1S/C22H22N4O2/c1-2-28-20-8-6-16(7-9-20)22(27)26-12-10-19(11-13-26)25-21-17(14-23)4-3-5-18(21)15-24/h3-9,19,25H,2,10-13H2,1H3. The maximum Gasteiger partial charge on any atom is 0.253 e. The third kappa shape index (κ3) is 4.24. The van der Waals surface area contributed by atoms with E-state index in [-0.39, 0.29) is 11.9 Å². The Morgan fingerprint density at radius 1 is 1.11 bits per heavy atom. The fourth-order valence-electron chi connectivity index (χ4n) is 3.37. The zero-order chi connectivity index (χ0) is 19.9. The summed E-state index contributed by atoms with van der Waals surface area (Å²) in [5.41, 5.74) is 2.17. The average molecular weight is 374 g/mol. The van der Waals surface area contributed by atoms with Gasteiger partial charge >= 0.3 is 0 Å². The molecule has 0 aliphatic carbocycles. The first-order valence-corrected chi connectivity index (χ1v) is 9.38. The summed E-state index contributed by atoms with van der Waals surface area (Å²) in [7, 11) is 0. The first kappa shape index (κ1) is 19.3. The van der Waals surface area contributed by atoms with Gasteiger partial charge in [0, 0.05) is 24.7 Å². The van der Waals surface area contributed by atoms with Gasteiger partial charge < -0.3 is 15.0 Å². The number of para-hydroxylation sites is 1. The van der Waals surface area contributed by atoms with Crippen molar-refractivity contribution >= 4 is 11.6 Å². The monoisotopic (exact) mass is 374 g/mol. The Hall–Kier alpha value is -3.51. The third-order valence-electron chi connectivity index (χ3n) is 4.85. The summed E-state index contributed by atoms with van der Waals surface area (Å²) >= 11 is 0. The lowest BCUT2D eigenvalue weighted by Gasteiger charge is -2.33. The Morgan fingerprint density at radius 2 is 1.71 bits per heavy atom. The highest BCUT2D eigenvalue weighted by Gasteiger charge is 2.24. The number of likely N-dealkylation sites (tertiary alicyclic amines) is 1. The molecule has 6 nitrogen and oxygen atoms in total. The van der Waals surface area contributed by atoms with Gasteiger partial charge in [0.1, 0.15) is 17.9 Å². The van der Waals surface area contributed by atoms with Gasteiger partial charge in [-0.05, 0) is 56.2 Å². The van der Waals surface area contributed by atoms with E-state index in [1.807, 2.05) is 24.0 Å². The summed E-state index contributed by atoms with van der Waals surface area (Å²) < 4.78 is 5.42. The molecule has 0 unspecified atom stereocenters. The first-order valence-electron chi connectivity index (χ1n) is 9.38. The lowest BCUT2D eigenvalue weighted by molar-refractivity contribution is 0.0718. The number of benzene rings is 2. The van der Waals surface area contributed by atoms with Crippen LogP contribution in [0.5, 0.6) is 5.75 Å². The quantitative estimate of drug-likeness (QED) is 0.864. The second kappa shape index (κ2) is 8.92. The second-order valence-corrected chi connectivity index (χ2v) is 6.62. The molecule has 3 rings (SSSR count). The summed E-state index contributed by atoms with van der Waals surface area (Å²) in [6, 6.07) is 16.7. The zero-order valence-corrected chi connectivity index (χ0v) is 15.8. The molecular weight excluding hydrogens is 352 g/mol. The van der Waals surface area contributed by atoms with Gasteiger partial charge in [-0.15, -0.1) is 0 Å². The molecule has 0 spiro atoms. The fraction of sp³-hybridized carbons (Fsp3) is 0.318. The van der Waals surface area contributed by atoms with Crippen molar-refractivity contribution in [2.45, 2.75) is 25.8 Å². The van der Waals surface area contributed by atoms with Crippen molar-refractivity contribution in [2.24, 2.45) is 0 Å². The molecule has 1 N–H and O–H groups in total. The minimum atomic E-state index is 0.0108. The number of amides is 1. The molecule has 6 heteroatoms. The SMILES string of the molecule is CCOc1ccc(C(=O)N2CCC(Nc3c(C#N)cccc3C#N)CC2)cc1. The van der Waals surface area contributed by atoms with E-state index in [4.69, 9.17) is 4.74 Å². The number of hydrogen-bond donors (Lipinski definition) is 1. The van der Waals surface area contributed by atoms with E-state index in [2.05, 4.69) is 17.5 Å². The Bertz CT molecular complexity index is 885. The number of anilines is 1. The molecule has 2 aromatic rings. The summed E-state index contributed by atoms with van der Waals surface area (Å²) in [6.07, 6.45) is 1.51. The third-order valence-corrected chi connectivity index (χ3v) is 4.85. The molecule has 1 aliphatic heterocycles. The molecule has 142 valence electrons. The largest absolute Gasteiger partial charge is 0.494 e. The molecule has 28 heavy (non-hydrogen) atoms. The van der Waals surface area contributed by atoms with E-state index >= 15 is 0 Å². The van der Waals surface area contributed by atoms with Crippen LogP contribution in [0.4, 0.5) is 5.69 Å². The maximum atomic E-state index is 12.7. The number of rotatable bonds is 5. The van der Waals surface area contributed by atoms with Crippen LogP contribution in [-0.4, -0.2) is 36.5 Å². The minimum absolute atomic E-state index is 0.0108. The number of nitrogens with zero attached hydrogens (tertiary/aromatic N) is 3. The van der Waals surface area contributed by atoms with E-state index < -0.39 is 0 Å². The molecule has 1 aliphatic rings. The molecule has 0 bridgehead atoms. The molecule has 1 amide bonds. The average Bonchev–Trinajstić information content (AvgIpc) is 2.74. The van der Waals surface area contributed by atoms with Crippen LogP contribution in [0.3, 0.4) is 0 Å². The molecule has 2 aromatic carbocycles. The maximum absolute atomic E-state index is 12.7. The van der Waals surface area contributed by atoms with Crippen LogP contribution in [0.2, 0.25) is 0 Å². The van der Waals surface area contributed by atoms with Crippen LogP contribution in [0.25, 0.3) is 0 Å². The Labute approximate surface area is 165 Å². The van der Waals surface area contributed by atoms with Gasteiger partial charge in [-0.1, -0.05) is 6.07 Å². The predicted octanol–water partition coefficient (Wildman–Crippen LogP) is 3.55. The molecule has 0 radical (unpaired) electrons. The zero-order valence-electron chi connectivity index (χ0n) is 15.8. The minimum Gasteiger partial charge on any atom is -0.494 e. The normalized spacial score (nSPS) is 14.0. The number of hydrogen-bond acceptors (Lipinski definition) is 5. The molecule has 1 saturated heterocycles. The summed E-state index contributed by atoms with van der Waals surface area (Å²) in [6.45, 7) is 3.77. The van der Waals surface area contributed by atoms with Gasteiger partial charge in [0.25, 0.3) is 5.91 Å². The highest BCUT2D eigenvalue weighted by Crippen LogP contribution is 2.24. The van der Waals surface area contributed by atoms with E-state index in [0.717, 1.165) is 18.6 Å². The Balaban J connectivity index is 1.61. The van der Waals surface area contributed by atoms with Crippen molar-refractivity contribution in [1.29, 1.82) is 10.5 Å². The number of carbonyl (C=O) groups excluding carboxylic acids is 1. The van der Waals surface area contributed by atoms with Crippen LogP contribution >= 0.6 is 0 Å². The summed E-state index contributed by atoms with van der Waals surface area (Å²) in [4.78, 5) is 14.6. The highest BCUT2D eigenvalue weighted by atomic mass is 16.5. The van der Waals surface area contributed by atoms with Crippen molar-refractivity contribution in [2.75, 3.05) is 25.0 Å². The first-order chi connectivity index (χ1) is 13.7. The number of nitriles is 2. The van der Waals surface area contributed by atoms with Crippen LogP contribution in [0.15, 0.2) is 42.5 Å². The Morgan fingerprint density at radius 3 is 2.25 bits per heavy atom. The van der Waals surface area contributed by atoms with Crippen LogP contribution in [-0.2, 0) is 0 Å². The van der Waals surface area contributed by atoms with Gasteiger partial charge in [0.2, 0.25) is 0 Å². The smallest absolute Gasteiger partial charge is 0.253 e. The Kier molecular flexibility index (Phi) is 6.14. The summed E-state index contributed by atoms with van der Waals surface area (Å²) in [5, 5.41) is 21.9. The van der Waals surface area contributed by atoms with E-state index in [9.17, 15) is 15.3 Å². The van der Waals surface area contributed by atoms with Crippen LogP contribution in [0.1, 0.15) is 41.3 Å². The molecule has 0 aromatic heterocycles. The predicted molar refractivity (Wildman–Crippen MR) is 106 cm³/mol. The van der Waals surface area contributed by atoms with Gasteiger partial charge in [-0.25, -0.2) is 0 Å². The van der Waals surface area contributed by atoms with Crippen molar-refractivity contribution in [3.8, 4) is 17.9 Å². The van der Waals surface area contributed by atoms with Gasteiger partial charge in [0.05, 0.1) is 23.4 Å². The molecule has 1 heterocycles. The number of ether oxygens (including phenoxy) is 1. The molecule has 0 saturated carbocycles. The van der Waals surface area contributed by atoms with Crippen LogP contribution < -0.4 is 10.1 Å². The topological polar surface area (TPSA) is 89.2 Å². The van der Waals surface area contributed by atoms with Gasteiger partial charge in [-0.2, -0.15) is 10.5 Å². The van der Waals surface area contributed by atoms with Crippen molar-refractivity contribution in [1.82, 2.24) is 4.90 Å². The molecule has 0 atom stereocenters. The second-order valence-electron chi connectivity index (χ2n) is 6.62. The van der Waals surface area contributed by atoms with Crippen molar-refractivity contribution < 1.29 is 9.53 Å². The molecular formula is C22H22N4O2. The molecule has 1 fully saturated rings. The highest BCUT2D eigenvalue weighted by molar-refractivity contribution is 5.94. The van der Waals surface area contributed by atoms with E-state index in [1.54, 1.807) is 30.3 Å². The van der Waals surface area contributed by atoms with E-state index in [0.29, 0.717) is 42.1 Å². The van der Waals surface area contributed by atoms with Gasteiger partial charge in [0.15, 0.2) is 0 Å². The number of carbonyl (C=O) groups is 1. The number of nitrogens with one attached hydrogen (secondary N) is 1. The van der Waals surface area contributed by atoms with Crippen LogP contribution in [0, 0.1) is 22.7 Å². The van der Waals surface area contributed by atoms with Crippen molar-refractivity contribution in [3.63, 3.8) is 0 Å². The number of piperidine rings is 1. The lowest BCUT2D eigenvalue weighted by atomic mass is 10.0. The fourth-order valence-corrected chi connectivity index (χ4v) is 3.37.